The molecule has 0 heterocycles. The lowest BCUT2D eigenvalue weighted by Gasteiger charge is -2.15. The predicted octanol–water partition coefficient (Wildman–Crippen LogP) is 14.3. The van der Waals surface area contributed by atoms with Crippen LogP contribution in [-0.2, 0) is 0 Å². The summed E-state index contributed by atoms with van der Waals surface area (Å²) >= 11 is 0. The molecule has 0 fully saturated rings. The largest absolute Gasteiger partial charge is 0.0853 e. The van der Waals surface area contributed by atoms with Gasteiger partial charge in [0, 0.05) is 0 Å². The van der Waals surface area contributed by atoms with Gasteiger partial charge in [-0.15, -0.1) is 0 Å². The van der Waals surface area contributed by atoms with E-state index in [0.717, 1.165) is 35.5 Å². The summed E-state index contributed by atoms with van der Waals surface area (Å²) in [5, 5.41) is 0. The summed E-state index contributed by atoms with van der Waals surface area (Å²) < 4.78 is 0. The number of rotatable bonds is 26. The molecule has 0 rings (SSSR count). The second-order valence-electron chi connectivity index (χ2n) is 15.0. The highest BCUT2D eigenvalue weighted by Crippen LogP contribution is 2.23. The van der Waals surface area contributed by atoms with Crippen molar-refractivity contribution in [3.63, 3.8) is 0 Å². The van der Waals surface area contributed by atoms with Crippen LogP contribution in [0.3, 0.4) is 0 Å². The molecule has 236 valence electrons. The zero-order valence-corrected chi connectivity index (χ0v) is 29.5. The molecule has 4 atom stereocenters. The van der Waals surface area contributed by atoms with Crippen molar-refractivity contribution in [3.05, 3.63) is 35.5 Å². The maximum absolute atomic E-state index is 2.49. The molecule has 0 aliphatic heterocycles. The number of unbranched alkanes of at least 4 members (excludes halogenated alkanes) is 1. The summed E-state index contributed by atoms with van der Waals surface area (Å²) in [6.45, 7) is 23.8. The fourth-order valence-corrected chi connectivity index (χ4v) is 5.96. The fraction of sp³-hybridized carbons (Fsp3) is 0.850. The molecular formula is C40H76. The van der Waals surface area contributed by atoms with E-state index in [0.29, 0.717) is 0 Å². The highest BCUT2D eigenvalue weighted by molar-refractivity contribution is 5.16. The summed E-state index contributed by atoms with van der Waals surface area (Å²) in [5.74, 6) is 5.24. The molecule has 0 aliphatic carbocycles. The summed E-state index contributed by atoms with van der Waals surface area (Å²) in [4.78, 5) is 0. The van der Waals surface area contributed by atoms with E-state index in [4.69, 9.17) is 0 Å². The Bertz CT molecular complexity index is 645. The third-order valence-corrected chi connectivity index (χ3v) is 9.06. The standard InChI is InChI=1S/C40H76/c1-33(2)19-13-23-37(7)27-17-31-39(9)29-15-25-35(5)21-11-12-22-36(6)26-16-30-40(10)32-18-28-38(8)24-14-20-34(3)4/h15,21-22,25,33-34,37-40H,11-14,16-20,23-24,26-32H2,1-10H3/b25-15+,35-21+,36-22+. The van der Waals surface area contributed by atoms with Gasteiger partial charge < -0.3 is 0 Å². The van der Waals surface area contributed by atoms with Gasteiger partial charge in [0.2, 0.25) is 0 Å². The van der Waals surface area contributed by atoms with Crippen molar-refractivity contribution >= 4 is 0 Å². The van der Waals surface area contributed by atoms with E-state index in [2.05, 4.69) is 93.5 Å². The van der Waals surface area contributed by atoms with Crippen LogP contribution >= 0.6 is 0 Å². The van der Waals surface area contributed by atoms with E-state index < -0.39 is 0 Å². The monoisotopic (exact) mass is 557 g/mol. The Morgan fingerprint density at radius 3 is 1.35 bits per heavy atom. The Kier molecular flexibility index (Phi) is 25.4. The highest BCUT2D eigenvalue weighted by Gasteiger charge is 2.07. The molecule has 0 aromatic heterocycles. The van der Waals surface area contributed by atoms with E-state index >= 15 is 0 Å². The van der Waals surface area contributed by atoms with Crippen molar-refractivity contribution in [2.24, 2.45) is 35.5 Å². The smallest absolute Gasteiger partial charge is 0.0310 e. The van der Waals surface area contributed by atoms with Crippen LogP contribution in [0.15, 0.2) is 35.5 Å². The second kappa shape index (κ2) is 25.9. The Balaban J connectivity index is 3.91. The van der Waals surface area contributed by atoms with Crippen molar-refractivity contribution in [2.45, 2.75) is 185 Å². The number of hydrogen-bond acceptors (Lipinski definition) is 0. The zero-order chi connectivity index (χ0) is 30.2. The molecule has 0 nitrogen and oxygen atoms in total. The summed E-state index contributed by atoms with van der Waals surface area (Å²) in [6.07, 6.45) is 34.3. The number of allylic oxidation sites excluding steroid dienone is 6. The van der Waals surface area contributed by atoms with Crippen LogP contribution < -0.4 is 0 Å². The first-order chi connectivity index (χ1) is 19.0. The minimum atomic E-state index is 0.809. The molecule has 40 heavy (non-hydrogen) atoms. The van der Waals surface area contributed by atoms with Crippen LogP contribution in [0.5, 0.6) is 0 Å². The third-order valence-electron chi connectivity index (χ3n) is 9.06. The molecule has 0 aliphatic rings. The lowest BCUT2D eigenvalue weighted by atomic mass is 9.91. The van der Waals surface area contributed by atoms with Gasteiger partial charge in [0.15, 0.2) is 0 Å². The molecule has 0 bridgehead atoms. The Labute approximate surface area is 255 Å². The first-order valence-electron chi connectivity index (χ1n) is 18.0. The van der Waals surface area contributed by atoms with Crippen molar-refractivity contribution in [2.75, 3.05) is 0 Å². The molecule has 0 saturated heterocycles. The maximum Gasteiger partial charge on any atom is -0.0310 e. The first kappa shape index (κ1) is 39.2. The van der Waals surface area contributed by atoms with Crippen LogP contribution in [0, 0.1) is 35.5 Å². The fourth-order valence-electron chi connectivity index (χ4n) is 5.96. The molecule has 0 heteroatoms. The van der Waals surface area contributed by atoms with Gasteiger partial charge in [0.25, 0.3) is 0 Å². The van der Waals surface area contributed by atoms with E-state index in [1.165, 1.54) is 121 Å². The summed E-state index contributed by atoms with van der Waals surface area (Å²) in [6, 6.07) is 0. The van der Waals surface area contributed by atoms with E-state index in [9.17, 15) is 0 Å². The van der Waals surface area contributed by atoms with Crippen LogP contribution in [-0.4, -0.2) is 0 Å². The summed E-state index contributed by atoms with van der Waals surface area (Å²) in [5.41, 5.74) is 3.02. The Morgan fingerprint density at radius 1 is 0.475 bits per heavy atom. The van der Waals surface area contributed by atoms with Gasteiger partial charge in [0.05, 0.1) is 0 Å². The molecule has 4 unspecified atom stereocenters. The normalized spacial score (nSPS) is 16.3. The Hall–Kier alpha value is -0.780. The molecule has 0 aromatic rings. The quantitative estimate of drug-likeness (QED) is 0.0564. The summed E-state index contributed by atoms with van der Waals surface area (Å²) in [7, 11) is 0. The average molecular weight is 557 g/mol. The van der Waals surface area contributed by atoms with Crippen molar-refractivity contribution in [1.82, 2.24) is 0 Å². The lowest BCUT2D eigenvalue weighted by molar-refractivity contribution is 0.389. The van der Waals surface area contributed by atoms with Crippen molar-refractivity contribution in [3.8, 4) is 0 Å². The van der Waals surface area contributed by atoms with Gasteiger partial charge in [-0.25, -0.2) is 0 Å². The Morgan fingerprint density at radius 2 is 0.875 bits per heavy atom. The lowest BCUT2D eigenvalue weighted by Crippen LogP contribution is -2.00. The minimum absolute atomic E-state index is 0.809. The molecule has 0 spiro atoms. The topological polar surface area (TPSA) is 0 Å². The van der Waals surface area contributed by atoms with Crippen LogP contribution in [0.2, 0.25) is 0 Å². The van der Waals surface area contributed by atoms with E-state index in [1.807, 2.05) is 0 Å². The van der Waals surface area contributed by atoms with Gasteiger partial charge in [0.1, 0.15) is 0 Å². The SMILES string of the molecule is CC(/C=C/CC(C)CCCC(C)CCCC(C)C)=C\CC/C=C(\C)CCCC(C)CCCC(C)CCCC(C)C. The predicted molar refractivity (Wildman–Crippen MR) is 186 cm³/mol. The van der Waals surface area contributed by atoms with Crippen LogP contribution in [0.4, 0.5) is 0 Å². The van der Waals surface area contributed by atoms with E-state index in [-0.39, 0.29) is 0 Å². The van der Waals surface area contributed by atoms with Crippen LogP contribution in [0.25, 0.3) is 0 Å². The molecule has 0 aromatic carbocycles. The third kappa shape index (κ3) is 27.4. The van der Waals surface area contributed by atoms with Gasteiger partial charge >= 0.3 is 0 Å². The van der Waals surface area contributed by atoms with Crippen molar-refractivity contribution in [1.29, 1.82) is 0 Å². The van der Waals surface area contributed by atoms with E-state index in [1.54, 1.807) is 5.57 Å². The van der Waals surface area contributed by atoms with Gasteiger partial charge in [-0.3, -0.25) is 0 Å². The molecule has 0 radical (unpaired) electrons. The van der Waals surface area contributed by atoms with Crippen LogP contribution in [0.1, 0.15) is 185 Å². The van der Waals surface area contributed by atoms with Gasteiger partial charge in [-0.05, 0) is 81.5 Å². The number of hydrogen-bond donors (Lipinski definition) is 0. The molecular weight excluding hydrogens is 480 g/mol. The second-order valence-corrected chi connectivity index (χ2v) is 15.0. The average Bonchev–Trinajstić information content (AvgIpc) is 2.86. The molecule has 0 saturated carbocycles. The zero-order valence-electron chi connectivity index (χ0n) is 29.5. The van der Waals surface area contributed by atoms with Gasteiger partial charge in [-0.2, -0.15) is 0 Å². The maximum atomic E-state index is 2.49. The molecule has 0 N–H and O–H groups in total. The van der Waals surface area contributed by atoms with Crippen molar-refractivity contribution < 1.29 is 0 Å². The van der Waals surface area contributed by atoms with Gasteiger partial charge in [-0.1, -0.05) is 174 Å². The minimum Gasteiger partial charge on any atom is -0.0853 e. The highest BCUT2D eigenvalue weighted by atomic mass is 14.1. The molecule has 0 amide bonds. The first-order valence-corrected chi connectivity index (χ1v) is 18.0.